The minimum absolute atomic E-state index is 0.0106. The molecule has 0 heterocycles. The van der Waals surface area contributed by atoms with Crippen LogP contribution in [0.1, 0.15) is 24.7 Å². The molecular weight excluding hydrogens is 196 g/mol. The normalized spacial score (nSPS) is 12.1. The summed E-state index contributed by atoms with van der Waals surface area (Å²) in [5.41, 5.74) is 0.889. The van der Waals surface area contributed by atoms with E-state index in [9.17, 15) is 9.59 Å². The van der Waals surface area contributed by atoms with Crippen LogP contribution in [0.25, 0.3) is 0 Å². The summed E-state index contributed by atoms with van der Waals surface area (Å²) in [5, 5.41) is -0.386. The van der Waals surface area contributed by atoms with Crippen LogP contribution in [0.15, 0.2) is 30.3 Å². The number of carbonyl (C=O) groups is 2. The molecule has 3 heteroatoms. The standard InChI is InChI=1S/C11H12O2S/c1-8(12)11(14-9(2)13)10-6-4-3-5-7-10/h3-7,11H,1-2H3. The Morgan fingerprint density at radius 2 is 1.71 bits per heavy atom. The van der Waals surface area contributed by atoms with Gasteiger partial charge in [0.25, 0.3) is 0 Å². The fraction of sp³-hybridized carbons (Fsp3) is 0.273. The van der Waals surface area contributed by atoms with Crippen molar-refractivity contribution in [1.82, 2.24) is 0 Å². The van der Waals surface area contributed by atoms with Crippen molar-refractivity contribution in [1.29, 1.82) is 0 Å². The lowest BCUT2D eigenvalue weighted by molar-refractivity contribution is -0.117. The maximum absolute atomic E-state index is 11.3. The van der Waals surface area contributed by atoms with E-state index in [-0.39, 0.29) is 16.1 Å². The van der Waals surface area contributed by atoms with Crippen molar-refractivity contribution < 1.29 is 9.59 Å². The largest absolute Gasteiger partial charge is 0.298 e. The highest BCUT2D eigenvalue weighted by Gasteiger charge is 2.18. The molecule has 1 aromatic carbocycles. The summed E-state index contributed by atoms with van der Waals surface area (Å²) in [6.45, 7) is 2.98. The van der Waals surface area contributed by atoms with E-state index in [4.69, 9.17) is 0 Å². The fourth-order valence-corrected chi connectivity index (χ4v) is 1.97. The third kappa shape index (κ3) is 3.00. The number of thioether (sulfide) groups is 1. The molecule has 0 radical (unpaired) electrons. The number of hydrogen-bond donors (Lipinski definition) is 0. The average molecular weight is 208 g/mol. The molecule has 1 atom stereocenters. The molecular formula is C11H12O2S. The van der Waals surface area contributed by atoms with Crippen LogP contribution in [-0.4, -0.2) is 10.9 Å². The van der Waals surface area contributed by atoms with Crippen molar-refractivity contribution in [3.05, 3.63) is 35.9 Å². The molecule has 0 bridgehead atoms. The number of hydrogen-bond acceptors (Lipinski definition) is 3. The Morgan fingerprint density at radius 1 is 1.14 bits per heavy atom. The zero-order valence-corrected chi connectivity index (χ0v) is 9.01. The van der Waals surface area contributed by atoms with Gasteiger partial charge in [-0.1, -0.05) is 42.1 Å². The van der Waals surface area contributed by atoms with E-state index in [1.54, 1.807) is 0 Å². The van der Waals surface area contributed by atoms with Gasteiger partial charge in [0.2, 0.25) is 0 Å². The molecule has 74 valence electrons. The first-order valence-electron chi connectivity index (χ1n) is 4.34. The number of rotatable bonds is 3. The SMILES string of the molecule is CC(=O)SC(C(C)=O)c1ccccc1. The summed E-state index contributed by atoms with van der Waals surface area (Å²) in [6.07, 6.45) is 0. The Hall–Kier alpha value is -1.09. The summed E-state index contributed by atoms with van der Waals surface area (Å²) in [7, 11) is 0. The fourth-order valence-electron chi connectivity index (χ4n) is 1.18. The van der Waals surface area contributed by atoms with Gasteiger partial charge in [-0.15, -0.1) is 0 Å². The lowest BCUT2D eigenvalue weighted by Crippen LogP contribution is -2.06. The molecule has 0 aromatic heterocycles. The van der Waals surface area contributed by atoms with Gasteiger partial charge in [-0.2, -0.15) is 0 Å². The minimum Gasteiger partial charge on any atom is -0.298 e. The second kappa shape index (κ2) is 4.96. The molecule has 0 saturated heterocycles. The van der Waals surface area contributed by atoms with E-state index in [0.29, 0.717) is 0 Å². The third-order valence-electron chi connectivity index (χ3n) is 1.76. The Labute approximate surface area is 87.7 Å². The van der Waals surface area contributed by atoms with Crippen molar-refractivity contribution in [3.8, 4) is 0 Å². The monoisotopic (exact) mass is 208 g/mol. The maximum Gasteiger partial charge on any atom is 0.186 e. The van der Waals surface area contributed by atoms with Gasteiger partial charge in [-0.25, -0.2) is 0 Å². The summed E-state index contributed by atoms with van der Waals surface area (Å²) >= 11 is 1.07. The van der Waals surface area contributed by atoms with E-state index in [1.165, 1.54) is 13.8 Å². The average Bonchev–Trinajstić information content (AvgIpc) is 2.15. The Kier molecular flexibility index (Phi) is 3.89. The first-order valence-corrected chi connectivity index (χ1v) is 5.22. The molecule has 0 aliphatic carbocycles. The highest BCUT2D eigenvalue weighted by atomic mass is 32.2. The van der Waals surface area contributed by atoms with Crippen LogP contribution in [0.4, 0.5) is 0 Å². The molecule has 14 heavy (non-hydrogen) atoms. The van der Waals surface area contributed by atoms with Gasteiger partial charge in [0.05, 0.1) is 5.25 Å². The molecule has 0 fully saturated rings. The van der Waals surface area contributed by atoms with Crippen molar-refractivity contribution in [3.63, 3.8) is 0 Å². The van der Waals surface area contributed by atoms with Crippen molar-refractivity contribution in [2.45, 2.75) is 19.1 Å². The van der Waals surface area contributed by atoms with Gasteiger partial charge in [0.1, 0.15) is 5.78 Å². The molecule has 0 spiro atoms. The van der Waals surface area contributed by atoms with Crippen molar-refractivity contribution >= 4 is 22.7 Å². The van der Waals surface area contributed by atoms with Gasteiger partial charge >= 0.3 is 0 Å². The van der Waals surface area contributed by atoms with Crippen LogP contribution in [0.5, 0.6) is 0 Å². The van der Waals surface area contributed by atoms with Crippen molar-refractivity contribution in [2.75, 3.05) is 0 Å². The second-order valence-corrected chi connectivity index (χ2v) is 4.29. The van der Waals surface area contributed by atoms with Crippen molar-refractivity contribution in [2.24, 2.45) is 0 Å². The van der Waals surface area contributed by atoms with Crippen LogP contribution in [0.3, 0.4) is 0 Å². The Morgan fingerprint density at radius 3 is 2.14 bits per heavy atom. The number of carbonyl (C=O) groups excluding carboxylic acids is 2. The van der Waals surface area contributed by atoms with Gasteiger partial charge in [-0.05, 0) is 12.5 Å². The molecule has 0 aliphatic rings. The van der Waals surface area contributed by atoms with Crippen LogP contribution in [-0.2, 0) is 9.59 Å². The van der Waals surface area contributed by atoms with Gasteiger partial charge in [-0.3, -0.25) is 9.59 Å². The first kappa shape index (κ1) is 11.0. The molecule has 2 nitrogen and oxygen atoms in total. The predicted octanol–water partition coefficient (Wildman–Crippen LogP) is 2.60. The first-order chi connectivity index (χ1) is 6.61. The van der Waals surface area contributed by atoms with Gasteiger partial charge in [0.15, 0.2) is 5.12 Å². The number of benzene rings is 1. The molecule has 0 N–H and O–H groups in total. The second-order valence-electron chi connectivity index (χ2n) is 3.01. The van der Waals surface area contributed by atoms with E-state index in [1.807, 2.05) is 30.3 Å². The lowest BCUT2D eigenvalue weighted by Gasteiger charge is -2.10. The van der Waals surface area contributed by atoms with Crippen LogP contribution in [0.2, 0.25) is 0 Å². The van der Waals surface area contributed by atoms with Gasteiger partial charge < -0.3 is 0 Å². The van der Waals surface area contributed by atoms with E-state index >= 15 is 0 Å². The van der Waals surface area contributed by atoms with Crippen LogP contribution >= 0.6 is 11.8 Å². The summed E-state index contributed by atoms with van der Waals surface area (Å²) in [6, 6.07) is 9.35. The summed E-state index contributed by atoms with van der Waals surface area (Å²) in [5.74, 6) is 0.0106. The molecule has 1 unspecified atom stereocenters. The van der Waals surface area contributed by atoms with E-state index in [2.05, 4.69) is 0 Å². The highest BCUT2D eigenvalue weighted by Crippen LogP contribution is 2.29. The van der Waals surface area contributed by atoms with Gasteiger partial charge in [0, 0.05) is 6.92 Å². The van der Waals surface area contributed by atoms with E-state index < -0.39 is 0 Å². The Balaban J connectivity index is 2.89. The topological polar surface area (TPSA) is 34.1 Å². The molecule has 0 amide bonds. The van der Waals surface area contributed by atoms with Crippen LogP contribution in [0, 0.1) is 0 Å². The smallest absolute Gasteiger partial charge is 0.186 e. The molecule has 0 aliphatic heterocycles. The van der Waals surface area contributed by atoms with Crippen LogP contribution < -0.4 is 0 Å². The summed E-state index contributed by atoms with van der Waals surface area (Å²) < 4.78 is 0. The predicted molar refractivity (Wildman–Crippen MR) is 58.1 cm³/mol. The Bertz CT molecular complexity index is 332. The molecule has 1 rings (SSSR count). The zero-order chi connectivity index (χ0) is 10.6. The van der Waals surface area contributed by atoms with E-state index in [0.717, 1.165) is 17.3 Å². The molecule has 1 aromatic rings. The quantitative estimate of drug-likeness (QED) is 0.765. The molecule has 0 saturated carbocycles. The summed E-state index contributed by atoms with van der Waals surface area (Å²) in [4.78, 5) is 22.2. The highest BCUT2D eigenvalue weighted by molar-refractivity contribution is 8.14. The lowest BCUT2D eigenvalue weighted by atomic mass is 10.1. The number of Topliss-reactive ketones (excluding diaryl/α,β-unsaturated/α-hetero) is 1. The number of ketones is 1. The minimum atomic E-state index is -0.353. The zero-order valence-electron chi connectivity index (χ0n) is 8.19. The maximum atomic E-state index is 11.3. The third-order valence-corrected chi connectivity index (χ3v) is 2.93.